The molecule has 1 N–H and O–H groups in total. The van der Waals surface area contributed by atoms with Gasteiger partial charge in [0.25, 0.3) is 5.91 Å². The first-order chi connectivity index (χ1) is 11.7. The second kappa shape index (κ2) is 6.48. The summed E-state index contributed by atoms with van der Waals surface area (Å²) in [7, 11) is 0. The van der Waals surface area contributed by atoms with E-state index >= 15 is 0 Å². The number of nitrogens with zero attached hydrogens (tertiary/aromatic N) is 2. The summed E-state index contributed by atoms with van der Waals surface area (Å²) >= 11 is 1.76. The fourth-order valence-electron chi connectivity index (χ4n) is 4.46. The predicted octanol–water partition coefficient (Wildman–Crippen LogP) is 3.49. The molecule has 0 aromatic carbocycles. The summed E-state index contributed by atoms with van der Waals surface area (Å²) < 4.78 is 0. The first-order valence-corrected chi connectivity index (χ1v) is 9.99. The normalized spacial score (nSPS) is 27.7. The number of urea groups is 1. The van der Waals surface area contributed by atoms with Gasteiger partial charge in [0.15, 0.2) is 0 Å². The standard InChI is InChI=1S/C18H25N3O2S/c22-16-18(9-3-1-2-4-10-18)19-17(23)21(16)13-20-11-5-7-14(20)15-8-6-12-24-15/h6,8,12,14H,1-5,7,9-11,13H2,(H,19,23). The van der Waals surface area contributed by atoms with Crippen molar-refractivity contribution in [1.29, 1.82) is 0 Å². The van der Waals surface area contributed by atoms with Crippen LogP contribution in [0.25, 0.3) is 0 Å². The minimum atomic E-state index is -0.619. The number of thiophene rings is 1. The van der Waals surface area contributed by atoms with Gasteiger partial charge in [-0.25, -0.2) is 9.69 Å². The van der Waals surface area contributed by atoms with Crippen LogP contribution in [-0.4, -0.2) is 40.5 Å². The van der Waals surface area contributed by atoms with Crippen molar-refractivity contribution < 1.29 is 9.59 Å². The van der Waals surface area contributed by atoms with Gasteiger partial charge in [0, 0.05) is 17.5 Å². The Hall–Kier alpha value is -1.40. The topological polar surface area (TPSA) is 52.7 Å². The van der Waals surface area contributed by atoms with Gasteiger partial charge in [-0.15, -0.1) is 11.3 Å². The van der Waals surface area contributed by atoms with Gasteiger partial charge in [-0.05, 0) is 37.1 Å². The average Bonchev–Trinajstić information content (AvgIpc) is 3.24. The Kier molecular flexibility index (Phi) is 4.35. The lowest BCUT2D eigenvalue weighted by Crippen LogP contribution is -2.47. The van der Waals surface area contributed by atoms with E-state index in [1.54, 1.807) is 11.3 Å². The van der Waals surface area contributed by atoms with Crippen LogP contribution < -0.4 is 5.32 Å². The maximum atomic E-state index is 13.0. The van der Waals surface area contributed by atoms with Crippen LogP contribution in [0.5, 0.6) is 0 Å². The smallest absolute Gasteiger partial charge is 0.323 e. The number of likely N-dealkylation sites (tertiary alicyclic amines) is 1. The summed E-state index contributed by atoms with van der Waals surface area (Å²) in [6, 6.07) is 4.38. The molecule has 3 fully saturated rings. The fourth-order valence-corrected chi connectivity index (χ4v) is 5.35. The Morgan fingerprint density at radius 1 is 1.17 bits per heavy atom. The maximum Gasteiger partial charge on any atom is 0.326 e. The predicted molar refractivity (Wildman–Crippen MR) is 93.7 cm³/mol. The lowest BCUT2D eigenvalue weighted by atomic mass is 9.90. The van der Waals surface area contributed by atoms with Crippen LogP contribution in [0.4, 0.5) is 4.79 Å². The summed E-state index contributed by atoms with van der Waals surface area (Å²) in [6.45, 7) is 1.38. The van der Waals surface area contributed by atoms with E-state index in [2.05, 4.69) is 27.7 Å². The van der Waals surface area contributed by atoms with Gasteiger partial charge in [-0.3, -0.25) is 9.69 Å². The van der Waals surface area contributed by atoms with Crippen molar-refractivity contribution in [3.8, 4) is 0 Å². The van der Waals surface area contributed by atoms with Crippen molar-refractivity contribution in [3.63, 3.8) is 0 Å². The summed E-state index contributed by atoms with van der Waals surface area (Å²) in [5.41, 5.74) is -0.619. The molecule has 2 aliphatic heterocycles. The van der Waals surface area contributed by atoms with E-state index in [4.69, 9.17) is 0 Å². The molecule has 3 amide bonds. The van der Waals surface area contributed by atoms with Crippen molar-refractivity contribution in [3.05, 3.63) is 22.4 Å². The Bertz CT molecular complexity index is 608. The van der Waals surface area contributed by atoms with Crippen LogP contribution in [0.1, 0.15) is 62.3 Å². The van der Waals surface area contributed by atoms with Crippen LogP contribution >= 0.6 is 11.3 Å². The van der Waals surface area contributed by atoms with E-state index in [0.717, 1.165) is 57.9 Å². The lowest BCUT2D eigenvalue weighted by Gasteiger charge is -2.29. The second-order valence-electron chi connectivity index (χ2n) is 7.29. The maximum absolute atomic E-state index is 13.0. The van der Waals surface area contributed by atoms with Gasteiger partial charge in [-0.2, -0.15) is 0 Å². The molecule has 2 saturated heterocycles. The number of imide groups is 1. The summed E-state index contributed by atoms with van der Waals surface area (Å²) in [5.74, 6) is 0.00577. The Balaban J connectivity index is 1.50. The van der Waals surface area contributed by atoms with Gasteiger partial charge >= 0.3 is 6.03 Å². The van der Waals surface area contributed by atoms with Crippen LogP contribution in [0.15, 0.2) is 17.5 Å². The van der Waals surface area contributed by atoms with Crippen molar-refractivity contribution in [2.75, 3.05) is 13.2 Å². The largest absolute Gasteiger partial charge is 0.326 e. The number of carbonyl (C=O) groups is 2. The van der Waals surface area contributed by atoms with Crippen LogP contribution in [0.3, 0.4) is 0 Å². The first kappa shape index (κ1) is 16.1. The molecule has 6 heteroatoms. The molecule has 130 valence electrons. The van der Waals surface area contributed by atoms with Crippen molar-refractivity contribution in [2.24, 2.45) is 0 Å². The molecular formula is C18H25N3O2S. The van der Waals surface area contributed by atoms with E-state index in [1.165, 1.54) is 9.78 Å². The van der Waals surface area contributed by atoms with Crippen molar-refractivity contribution in [1.82, 2.24) is 15.1 Å². The number of rotatable bonds is 3. The molecular weight excluding hydrogens is 322 g/mol. The minimum Gasteiger partial charge on any atom is -0.323 e. The van der Waals surface area contributed by atoms with Gasteiger partial charge in [-0.1, -0.05) is 31.7 Å². The van der Waals surface area contributed by atoms with E-state index < -0.39 is 5.54 Å². The molecule has 1 aromatic rings. The SMILES string of the molecule is O=C1NC2(CCCCCC2)C(=O)N1CN1CCCC1c1cccs1. The molecule has 1 aromatic heterocycles. The fraction of sp³-hybridized carbons (Fsp3) is 0.667. The highest BCUT2D eigenvalue weighted by atomic mass is 32.1. The van der Waals surface area contributed by atoms with E-state index in [9.17, 15) is 9.59 Å². The Morgan fingerprint density at radius 2 is 1.96 bits per heavy atom. The first-order valence-electron chi connectivity index (χ1n) is 9.11. The number of hydrogen-bond donors (Lipinski definition) is 1. The van der Waals surface area contributed by atoms with Crippen LogP contribution in [-0.2, 0) is 4.79 Å². The summed E-state index contributed by atoms with van der Waals surface area (Å²) in [6.07, 6.45) is 8.20. The third-order valence-corrected chi connectivity index (χ3v) is 6.73. The molecule has 1 unspecified atom stereocenters. The monoisotopic (exact) mass is 347 g/mol. The molecule has 3 aliphatic rings. The third-order valence-electron chi connectivity index (χ3n) is 5.76. The zero-order chi connectivity index (χ0) is 16.6. The van der Waals surface area contributed by atoms with Crippen LogP contribution in [0, 0.1) is 0 Å². The van der Waals surface area contributed by atoms with E-state index in [-0.39, 0.29) is 11.9 Å². The van der Waals surface area contributed by atoms with Crippen LogP contribution in [0.2, 0.25) is 0 Å². The quantitative estimate of drug-likeness (QED) is 0.852. The molecule has 0 radical (unpaired) electrons. The van der Waals surface area contributed by atoms with Crippen molar-refractivity contribution >= 4 is 23.3 Å². The number of amides is 3. The van der Waals surface area contributed by atoms with Gasteiger partial charge in [0.1, 0.15) is 5.54 Å². The van der Waals surface area contributed by atoms with E-state index in [0.29, 0.717) is 12.7 Å². The highest BCUT2D eigenvalue weighted by Crippen LogP contribution is 2.37. The average molecular weight is 347 g/mol. The lowest BCUT2D eigenvalue weighted by molar-refractivity contribution is -0.133. The number of nitrogens with one attached hydrogen (secondary N) is 1. The molecule has 24 heavy (non-hydrogen) atoms. The molecule has 1 spiro atoms. The van der Waals surface area contributed by atoms with Gasteiger partial charge < -0.3 is 5.32 Å². The molecule has 3 heterocycles. The Labute approximate surface area is 147 Å². The van der Waals surface area contributed by atoms with Gasteiger partial charge in [0.2, 0.25) is 0 Å². The highest BCUT2D eigenvalue weighted by molar-refractivity contribution is 7.10. The molecule has 1 saturated carbocycles. The molecule has 0 bridgehead atoms. The molecule has 1 atom stereocenters. The van der Waals surface area contributed by atoms with Crippen molar-refractivity contribution in [2.45, 2.75) is 62.9 Å². The summed E-state index contributed by atoms with van der Waals surface area (Å²) in [4.78, 5) is 30.7. The van der Waals surface area contributed by atoms with Gasteiger partial charge in [0.05, 0.1) is 6.67 Å². The Morgan fingerprint density at radius 3 is 2.67 bits per heavy atom. The highest BCUT2D eigenvalue weighted by Gasteiger charge is 2.51. The van der Waals surface area contributed by atoms with E-state index in [1.807, 2.05) is 0 Å². The third kappa shape index (κ3) is 2.75. The second-order valence-corrected chi connectivity index (χ2v) is 8.27. The molecule has 1 aliphatic carbocycles. The zero-order valence-electron chi connectivity index (χ0n) is 14.0. The molecule has 4 rings (SSSR count). The minimum absolute atomic E-state index is 0.00577. The number of carbonyl (C=O) groups excluding carboxylic acids is 2. The number of hydrogen-bond acceptors (Lipinski definition) is 4. The zero-order valence-corrected chi connectivity index (χ0v) is 14.8. The summed E-state index contributed by atoms with van der Waals surface area (Å²) in [5, 5.41) is 5.14. The molecule has 5 nitrogen and oxygen atoms in total.